The first-order valence-electron chi connectivity index (χ1n) is 5.31. The van der Waals surface area contributed by atoms with Gasteiger partial charge in [-0.05, 0) is 19.4 Å². The number of amides is 1. The number of likely N-dealkylation sites (N-methyl/N-ethyl adjacent to an activating group) is 1. The Morgan fingerprint density at radius 2 is 2.07 bits per heavy atom. The number of nitrogens with one attached hydrogen (secondary N) is 2. The highest BCUT2D eigenvalue weighted by atomic mass is 16.4. The van der Waals surface area contributed by atoms with Crippen LogP contribution in [0.5, 0.6) is 0 Å². The van der Waals surface area contributed by atoms with Crippen LogP contribution < -0.4 is 10.6 Å². The van der Waals surface area contributed by atoms with E-state index in [9.17, 15) is 9.59 Å². The normalized spacial score (nSPS) is 17.9. The van der Waals surface area contributed by atoms with Gasteiger partial charge < -0.3 is 15.7 Å². The zero-order valence-corrected chi connectivity index (χ0v) is 9.01. The summed E-state index contributed by atoms with van der Waals surface area (Å²) >= 11 is 0. The third-order valence-electron chi connectivity index (χ3n) is 2.92. The third-order valence-corrected chi connectivity index (χ3v) is 2.92. The Kier molecular flexibility index (Phi) is 4.08. The average Bonchev–Trinajstić information content (AvgIpc) is 2.12. The van der Waals surface area contributed by atoms with Gasteiger partial charge in [-0.25, -0.2) is 0 Å². The van der Waals surface area contributed by atoms with Crippen molar-refractivity contribution >= 4 is 11.9 Å². The highest BCUT2D eigenvalue weighted by Gasteiger charge is 2.44. The molecule has 1 saturated carbocycles. The topological polar surface area (TPSA) is 78.4 Å². The van der Waals surface area contributed by atoms with Crippen LogP contribution >= 0.6 is 0 Å². The van der Waals surface area contributed by atoms with Gasteiger partial charge in [-0.3, -0.25) is 9.59 Å². The number of carboxylic acid groups (broad SMARTS) is 1. The Balaban J connectivity index is 2.29. The molecule has 1 aliphatic rings. The molecule has 0 unspecified atom stereocenters. The van der Waals surface area contributed by atoms with Gasteiger partial charge in [0.1, 0.15) is 0 Å². The number of carboxylic acids is 1. The molecule has 0 aliphatic heterocycles. The second kappa shape index (κ2) is 5.11. The van der Waals surface area contributed by atoms with E-state index in [0.29, 0.717) is 12.8 Å². The van der Waals surface area contributed by atoms with Gasteiger partial charge in [0.05, 0.1) is 12.0 Å². The molecule has 0 heterocycles. The van der Waals surface area contributed by atoms with Crippen molar-refractivity contribution in [1.29, 1.82) is 0 Å². The number of aliphatic carboxylic acids is 1. The summed E-state index contributed by atoms with van der Waals surface area (Å²) in [7, 11) is 0. The van der Waals surface area contributed by atoms with Crippen molar-refractivity contribution in [3.63, 3.8) is 0 Å². The SMILES string of the molecule is CCNCC(=O)NCC1(C(=O)O)CCC1. The first kappa shape index (κ1) is 12.0. The number of hydrogen-bond donors (Lipinski definition) is 3. The fourth-order valence-corrected chi connectivity index (χ4v) is 1.64. The molecule has 1 aliphatic carbocycles. The van der Waals surface area contributed by atoms with E-state index in [-0.39, 0.29) is 19.0 Å². The van der Waals surface area contributed by atoms with Crippen molar-refractivity contribution in [1.82, 2.24) is 10.6 Å². The van der Waals surface area contributed by atoms with Crippen LogP contribution in [0.1, 0.15) is 26.2 Å². The van der Waals surface area contributed by atoms with E-state index in [2.05, 4.69) is 10.6 Å². The van der Waals surface area contributed by atoms with Crippen LogP contribution in [0.25, 0.3) is 0 Å². The summed E-state index contributed by atoms with van der Waals surface area (Å²) in [5.41, 5.74) is -0.693. The van der Waals surface area contributed by atoms with Crippen LogP contribution in [-0.4, -0.2) is 36.6 Å². The van der Waals surface area contributed by atoms with Crippen LogP contribution in [0.3, 0.4) is 0 Å². The lowest BCUT2D eigenvalue weighted by atomic mass is 9.69. The number of carbonyl (C=O) groups excluding carboxylic acids is 1. The smallest absolute Gasteiger partial charge is 0.311 e. The van der Waals surface area contributed by atoms with Crippen molar-refractivity contribution in [2.24, 2.45) is 5.41 Å². The summed E-state index contributed by atoms with van der Waals surface area (Å²) in [6.45, 7) is 3.16. The van der Waals surface area contributed by atoms with E-state index >= 15 is 0 Å². The quantitative estimate of drug-likeness (QED) is 0.580. The fourth-order valence-electron chi connectivity index (χ4n) is 1.64. The maximum absolute atomic E-state index is 11.2. The standard InChI is InChI=1S/C10H18N2O3/c1-2-11-6-8(13)12-7-10(9(14)15)4-3-5-10/h11H,2-7H2,1H3,(H,12,13)(H,14,15). The summed E-state index contributed by atoms with van der Waals surface area (Å²) in [5.74, 6) is -0.929. The summed E-state index contributed by atoms with van der Waals surface area (Å²) in [5, 5.41) is 14.6. The fraction of sp³-hybridized carbons (Fsp3) is 0.800. The minimum atomic E-state index is -0.794. The molecule has 1 fully saturated rings. The molecule has 1 amide bonds. The van der Waals surface area contributed by atoms with Crippen LogP contribution in [0, 0.1) is 5.41 Å². The summed E-state index contributed by atoms with van der Waals surface area (Å²) in [4.78, 5) is 22.2. The van der Waals surface area contributed by atoms with Gasteiger partial charge in [-0.15, -0.1) is 0 Å². The van der Waals surface area contributed by atoms with Gasteiger partial charge in [-0.2, -0.15) is 0 Å². The number of carbonyl (C=O) groups is 2. The van der Waals surface area contributed by atoms with Crippen LogP contribution in [-0.2, 0) is 9.59 Å². The molecule has 0 bridgehead atoms. The van der Waals surface area contributed by atoms with E-state index in [1.807, 2.05) is 6.92 Å². The first-order valence-corrected chi connectivity index (χ1v) is 5.31. The molecule has 3 N–H and O–H groups in total. The Hall–Kier alpha value is -1.10. The van der Waals surface area contributed by atoms with E-state index in [1.165, 1.54) is 0 Å². The zero-order chi connectivity index (χ0) is 11.3. The Bertz CT molecular complexity index is 249. The highest BCUT2D eigenvalue weighted by Crippen LogP contribution is 2.40. The molecule has 0 spiro atoms. The Morgan fingerprint density at radius 3 is 2.47 bits per heavy atom. The van der Waals surface area contributed by atoms with E-state index in [1.54, 1.807) is 0 Å². The lowest BCUT2D eigenvalue weighted by molar-refractivity contribution is -0.154. The molecule has 5 heteroatoms. The molecule has 0 saturated heterocycles. The van der Waals surface area contributed by atoms with Gasteiger partial charge in [0, 0.05) is 6.54 Å². The molecular weight excluding hydrogens is 196 g/mol. The Labute approximate surface area is 89.2 Å². The summed E-state index contributed by atoms with van der Waals surface area (Å²) < 4.78 is 0. The Morgan fingerprint density at radius 1 is 1.40 bits per heavy atom. The highest BCUT2D eigenvalue weighted by molar-refractivity contribution is 5.80. The van der Waals surface area contributed by atoms with Gasteiger partial charge in [-0.1, -0.05) is 13.3 Å². The van der Waals surface area contributed by atoms with Crippen molar-refractivity contribution < 1.29 is 14.7 Å². The van der Waals surface area contributed by atoms with Crippen LogP contribution in [0.4, 0.5) is 0 Å². The molecule has 0 aromatic heterocycles. The van der Waals surface area contributed by atoms with E-state index < -0.39 is 11.4 Å². The minimum absolute atomic E-state index is 0.135. The summed E-state index contributed by atoms with van der Waals surface area (Å²) in [6.07, 6.45) is 2.28. The van der Waals surface area contributed by atoms with Gasteiger partial charge in [0.2, 0.25) is 5.91 Å². The maximum atomic E-state index is 11.2. The zero-order valence-electron chi connectivity index (χ0n) is 9.01. The van der Waals surface area contributed by atoms with Gasteiger partial charge in [0.25, 0.3) is 0 Å². The lowest BCUT2D eigenvalue weighted by Crippen LogP contribution is -2.49. The average molecular weight is 214 g/mol. The molecule has 86 valence electrons. The van der Waals surface area contributed by atoms with Crippen molar-refractivity contribution in [2.45, 2.75) is 26.2 Å². The number of hydrogen-bond acceptors (Lipinski definition) is 3. The second-order valence-corrected chi connectivity index (χ2v) is 4.00. The lowest BCUT2D eigenvalue weighted by Gasteiger charge is -2.37. The van der Waals surface area contributed by atoms with Crippen molar-refractivity contribution in [2.75, 3.05) is 19.6 Å². The van der Waals surface area contributed by atoms with Gasteiger partial charge in [0.15, 0.2) is 0 Å². The number of rotatable bonds is 6. The van der Waals surface area contributed by atoms with E-state index in [4.69, 9.17) is 5.11 Å². The predicted octanol–water partition coefficient (Wildman–Crippen LogP) is -0.0330. The van der Waals surface area contributed by atoms with Gasteiger partial charge >= 0.3 is 5.97 Å². The van der Waals surface area contributed by atoms with E-state index in [0.717, 1.165) is 13.0 Å². The maximum Gasteiger partial charge on any atom is 0.311 e. The molecule has 0 radical (unpaired) electrons. The second-order valence-electron chi connectivity index (χ2n) is 4.00. The molecule has 5 nitrogen and oxygen atoms in total. The molecule has 1 rings (SSSR count). The van der Waals surface area contributed by atoms with Crippen molar-refractivity contribution in [3.8, 4) is 0 Å². The van der Waals surface area contributed by atoms with Crippen LogP contribution in [0.2, 0.25) is 0 Å². The van der Waals surface area contributed by atoms with Crippen molar-refractivity contribution in [3.05, 3.63) is 0 Å². The molecule has 0 atom stereocenters. The minimum Gasteiger partial charge on any atom is -0.481 e. The molecular formula is C10H18N2O3. The predicted molar refractivity (Wildman–Crippen MR) is 55.5 cm³/mol. The summed E-state index contributed by atoms with van der Waals surface area (Å²) in [6, 6.07) is 0. The first-order chi connectivity index (χ1) is 7.10. The third kappa shape index (κ3) is 2.92. The molecule has 0 aromatic carbocycles. The largest absolute Gasteiger partial charge is 0.481 e. The molecule has 15 heavy (non-hydrogen) atoms. The van der Waals surface area contributed by atoms with Crippen LogP contribution in [0.15, 0.2) is 0 Å². The monoisotopic (exact) mass is 214 g/mol. The molecule has 0 aromatic rings.